The summed E-state index contributed by atoms with van der Waals surface area (Å²) in [5.74, 6) is -1.22. The Morgan fingerprint density at radius 1 is 0.826 bits per heavy atom. The molecule has 0 aliphatic heterocycles. The highest BCUT2D eigenvalue weighted by Crippen LogP contribution is 2.21. The molecule has 2 N–H and O–H groups in total. The molecule has 0 fully saturated rings. The zero-order valence-electron chi connectivity index (χ0n) is 13.5. The molecule has 0 radical (unpaired) electrons. The van der Waals surface area contributed by atoms with Crippen LogP contribution in [0.1, 0.15) is 37.4 Å². The minimum atomic E-state index is -0.622. The van der Waals surface area contributed by atoms with Crippen molar-refractivity contribution in [2.45, 2.75) is 32.4 Å². The Kier molecular flexibility index (Phi) is 5.92. The summed E-state index contributed by atoms with van der Waals surface area (Å²) >= 11 is 0. The van der Waals surface area contributed by atoms with Gasteiger partial charge in [0.05, 0.1) is 6.04 Å². The average Bonchev–Trinajstić information content (AvgIpc) is 2.60. The van der Waals surface area contributed by atoms with Gasteiger partial charge in [0, 0.05) is 6.04 Å². The van der Waals surface area contributed by atoms with Crippen LogP contribution < -0.4 is 10.6 Å². The first-order chi connectivity index (χ1) is 11.1. The van der Waals surface area contributed by atoms with Gasteiger partial charge < -0.3 is 10.6 Å². The largest absolute Gasteiger partial charge is 0.345 e. The van der Waals surface area contributed by atoms with Crippen LogP contribution in [0.5, 0.6) is 0 Å². The number of hydrogen-bond acceptors (Lipinski definition) is 2. The molecule has 0 saturated carbocycles. The fourth-order valence-electron chi connectivity index (χ4n) is 2.24. The second-order valence-corrected chi connectivity index (χ2v) is 5.51. The van der Waals surface area contributed by atoms with Gasteiger partial charge in [0.1, 0.15) is 0 Å². The van der Waals surface area contributed by atoms with E-state index in [1.807, 2.05) is 74.5 Å². The summed E-state index contributed by atoms with van der Waals surface area (Å²) in [4.78, 5) is 24.2. The number of carbonyl (C=O) groups excluding carboxylic acids is 2. The predicted octanol–water partition coefficient (Wildman–Crippen LogP) is 2.81. The fraction of sp³-hybridized carbons (Fsp3) is 0.263. The molecule has 2 aromatic rings. The maximum atomic E-state index is 12.2. The highest BCUT2D eigenvalue weighted by molar-refractivity contribution is 6.35. The summed E-state index contributed by atoms with van der Waals surface area (Å²) in [6.45, 7) is 3.83. The molecule has 4 heteroatoms. The minimum absolute atomic E-state index is 0.0276. The van der Waals surface area contributed by atoms with Crippen LogP contribution in [0.15, 0.2) is 60.7 Å². The summed E-state index contributed by atoms with van der Waals surface area (Å²) in [5, 5.41) is 5.51. The second-order valence-electron chi connectivity index (χ2n) is 5.51. The van der Waals surface area contributed by atoms with Crippen molar-refractivity contribution in [3.63, 3.8) is 0 Å². The van der Waals surface area contributed by atoms with Crippen molar-refractivity contribution >= 4 is 11.8 Å². The Morgan fingerprint density at radius 3 is 1.70 bits per heavy atom. The number of hydrogen-bond donors (Lipinski definition) is 2. The van der Waals surface area contributed by atoms with E-state index >= 15 is 0 Å². The van der Waals surface area contributed by atoms with Crippen molar-refractivity contribution in [3.8, 4) is 0 Å². The predicted molar refractivity (Wildman–Crippen MR) is 90.8 cm³/mol. The van der Waals surface area contributed by atoms with Crippen LogP contribution in [0.3, 0.4) is 0 Å². The number of carbonyl (C=O) groups is 2. The number of amides is 2. The highest BCUT2D eigenvalue weighted by atomic mass is 16.2. The second kappa shape index (κ2) is 8.13. The maximum Gasteiger partial charge on any atom is 0.310 e. The molecule has 0 aromatic heterocycles. The summed E-state index contributed by atoms with van der Waals surface area (Å²) in [7, 11) is 0. The van der Waals surface area contributed by atoms with Crippen molar-refractivity contribution < 1.29 is 9.59 Å². The van der Waals surface area contributed by atoms with Gasteiger partial charge in [0.2, 0.25) is 0 Å². The lowest BCUT2D eigenvalue weighted by Gasteiger charge is -2.20. The third-order valence-electron chi connectivity index (χ3n) is 3.74. The molecule has 0 saturated heterocycles. The van der Waals surface area contributed by atoms with Gasteiger partial charge in [-0.1, -0.05) is 67.6 Å². The lowest BCUT2D eigenvalue weighted by atomic mass is 9.98. The Bertz CT molecular complexity index is 601. The molecule has 0 bridgehead atoms. The molecule has 4 nitrogen and oxygen atoms in total. The molecule has 0 heterocycles. The van der Waals surface area contributed by atoms with E-state index < -0.39 is 11.8 Å². The van der Waals surface area contributed by atoms with Crippen molar-refractivity contribution in [1.29, 1.82) is 0 Å². The van der Waals surface area contributed by atoms with Gasteiger partial charge in [0.15, 0.2) is 0 Å². The standard InChI is InChI=1S/C19H22N2O2/c1-3-14(2)20-18(22)19(23)21-17(15-10-6-4-7-11-15)16-12-8-5-9-13-16/h4-14,17H,3H2,1-2H3,(H,20,22)(H,21,23). The minimum Gasteiger partial charge on any atom is -0.345 e. The number of nitrogens with one attached hydrogen (secondary N) is 2. The van der Waals surface area contributed by atoms with Crippen molar-refractivity contribution in [1.82, 2.24) is 10.6 Å². The maximum absolute atomic E-state index is 12.2. The molecule has 0 aliphatic rings. The molecule has 23 heavy (non-hydrogen) atoms. The van der Waals surface area contributed by atoms with E-state index in [-0.39, 0.29) is 12.1 Å². The fourth-order valence-corrected chi connectivity index (χ4v) is 2.24. The van der Waals surface area contributed by atoms with E-state index in [2.05, 4.69) is 10.6 Å². The topological polar surface area (TPSA) is 58.2 Å². The zero-order chi connectivity index (χ0) is 16.7. The van der Waals surface area contributed by atoms with Crippen LogP contribution in [0, 0.1) is 0 Å². The van der Waals surface area contributed by atoms with Crippen molar-refractivity contribution in [3.05, 3.63) is 71.8 Å². The highest BCUT2D eigenvalue weighted by Gasteiger charge is 2.21. The normalized spacial score (nSPS) is 11.8. The van der Waals surface area contributed by atoms with Gasteiger partial charge in [-0.05, 0) is 24.5 Å². The van der Waals surface area contributed by atoms with Crippen LogP contribution in [-0.4, -0.2) is 17.9 Å². The van der Waals surface area contributed by atoms with E-state index in [4.69, 9.17) is 0 Å². The smallest absolute Gasteiger partial charge is 0.310 e. The molecule has 1 atom stereocenters. The van der Waals surface area contributed by atoms with Gasteiger partial charge >= 0.3 is 11.8 Å². The third-order valence-corrected chi connectivity index (χ3v) is 3.74. The van der Waals surface area contributed by atoms with Gasteiger partial charge in [-0.2, -0.15) is 0 Å². The van der Waals surface area contributed by atoms with Crippen LogP contribution >= 0.6 is 0 Å². The first kappa shape index (κ1) is 16.7. The lowest BCUT2D eigenvalue weighted by Crippen LogP contribution is -2.44. The van der Waals surface area contributed by atoms with E-state index in [1.54, 1.807) is 0 Å². The van der Waals surface area contributed by atoms with E-state index in [1.165, 1.54) is 0 Å². The number of rotatable bonds is 5. The SMILES string of the molecule is CCC(C)NC(=O)C(=O)NC(c1ccccc1)c1ccccc1. The Labute approximate surface area is 136 Å². The Morgan fingerprint density at radius 2 is 1.26 bits per heavy atom. The molecule has 2 rings (SSSR count). The quantitative estimate of drug-likeness (QED) is 0.834. The van der Waals surface area contributed by atoms with Gasteiger partial charge in [0.25, 0.3) is 0 Å². The summed E-state index contributed by atoms with van der Waals surface area (Å²) in [5.41, 5.74) is 1.87. The summed E-state index contributed by atoms with van der Waals surface area (Å²) < 4.78 is 0. The van der Waals surface area contributed by atoms with E-state index in [9.17, 15) is 9.59 Å². The molecule has 120 valence electrons. The molecular formula is C19H22N2O2. The molecule has 1 unspecified atom stereocenters. The summed E-state index contributed by atoms with van der Waals surface area (Å²) in [6.07, 6.45) is 0.778. The van der Waals surface area contributed by atoms with Gasteiger partial charge in [-0.25, -0.2) is 0 Å². The zero-order valence-corrected chi connectivity index (χ0v) is 13.5. The Hall–Kier alpha value is -2.62. The average molecular weight is 310 g/mol. The monoisotopic (exact) mass is 310 g/mol. The van der Waals surface area contributed by atoms with Gasteiger partial charge in [-0.15, -0.1) is 0 Å². The molecule has 2 aromatic carbocycles. The van der Waals surface area contributed by atoms with Crippen LogP contribution in [0.2, 0.25) is 0 Å². The molecule has 0 spiro atoms. The van der Waals surface area contributed by atoms with Crippen LogP contribution in [0.4, 0.5) is 0 Å². The lowest BCUT2D eigenvalue weighted by molar-refractivity contribution is -0.139. The molecule has 2 amide bonds. The first-order valence-electron chi connectivity index (χ1n) is 7.83. The van der Waals surface area contributed by atoms with Crippen LogP contribution in [0.25, 0.3) is 0 Å². The van der Waals surface area contributed by atoms with Crippen molar-refractivity contribution in [2.24, 2.45) is 0 Å². The molecular weight excluding hydrogens is 288 g/mol. The number of benzene rings is 2. The van der Waals surface area contributed by atoms with Crippen molar-refractivity contribution in [2.75, 3.05) is 0 Å². The van der Waals surface area contributed by atoms with Crippen LogP contribution in [-0.2, 0) is 9.59 Å². The Balaban J connectivity index is 2.19. The summed E-state index contributed by atoms with van der Waals surface area (Å²) in [6, 6.07) is 18.9. The first-order valence-corrected chi connectivity index (χ1v) is 7.83. The third kappa shape index (κ3) is 4.68. The van der Waals surface area contributed by atoms with Gasteiger partial charge in [-0.3, -0.25) is 9.59 Å². The molecule has 0 aliphatic carbocycles. The van der Waals surface area contributed by atoms with E-state index in [0.717, 1.165) is 17.5 Å². The van der Waals surface area contributed by atoms with E-state index in [0.29, 0.717) is 0 Å².